The van der Waals surface area contributed by atoms with E-state index in [0.717, 1.165) is 32.6 Å². The Balaban J connectivity index is 1.66. The van der Waals surface area contributed by atoms with E-state index < -0.39 is 0 Å². The van der Waals surface area contributed by atoms with Crippen LogP contribution in [0.4, 0.5) is 0 Å². The van der Waals surface area contributed by atoms with E-state index in [-0.39, 0.29) is 11.8 Å². The molecule has 1 aromatic carbocycles. The molecule has 2 N–H and O–H groups in total. The molecule has 1 saturated heterocycles. The molecular weight excluding hydrogens is 302 g/mol. The fraction of sp³-hybridized carbons (Fsp3) is 0.500. The number of nitrogens with one attached hydrogen (secondary N) is 2. The SMILES string of the molecule is O=C(NCCCC(=O)N1CCCNCC1)c1ccc(Cl)cc1. The Morgan fingerprint density at radius 1 is 1.18 bits per heavy atom. The van der Waals surface area contributed by atoms with Gasteiger partial charge in [-0.3, -0.25) is 9.59 Å². The third-order valence-electron chi connectivity index (χ3n) is 3.65. The summed E-state index contributed by atoms with van der Waals surface area (Å²) in [5.41, 5.74) is 0.578. The number of halogens is 1. The molecule has 1 aliphatic rings. The second kappa shape index (κ2) is 8.76. The Kier molecular flexibility index (Phi) is 6.68. The molecule has 120 valence electrons. The maximum Gasteiger partial charge on any atom is 0.251 e. The highest BCUT2D eigenvalue weighted by atomic mass is 35.5. The van der Waals surface area contributed by atoms with Crippen LogP contribution in [-0.4, -0.2) is 49.4 Å². The van der Waals surface area contributed by atoms with Crippen molar-refractivity contribution in [1.82, 2.24) is 15.5 Å². The summed E-state index contributed by atoms with van der Waals surface area (Å²) >= 11 is 5.79. The highest BCUT2D eigenvalue weighted by Gasteiger charge is 2.14. The molecule has 2 amide bonds. The van der Waals surface area contributed by atoms with E-state index in [2.05, 4.69) is 10.6 Å². The Bertz CT molecular complexity index is 497. The van der Waals surface area contributed by atoms with Crippen molar-refractivity contribution in [3.05, 3.63) is 34.9 Å². The summed E-state index contributed by atoms with van der Waals surface area (Å²) in [4.78, 5) is 25.9. The maximum absolute atomic E-state index is 12.1. The third kappa shape index (κ3) is 5.31. The quantitative estimate of drug-likeness (QED) is 0.810. The predicted octanol–water partition coefficient (Wildman–Crippen LogP) is 1.67. The zero-order valence-corrected chi connectivity index (χ0v) is 13.4. The molecule has 1 aromatic rings. The van der Waals surface area contributed by atoms with Gasteiger partial charge >= 0.3 is 0 Å². The lowest BCUT2D eigenvalue weighted by molar-refractivity contribution is -0.131. The Hall–Kier alpha value is -1.59. The number of benzene rings is 1. The summed E-state index contributed by atoms with van der Waals surface area (Å²) in [7, 11) is 0. The van der Waals surface area contributed by atoms with Crippen molar-refractivity contribution in [3.8, 4) is 0 Å². The summed E-state index contributed by atoms with van der Waals surface area (Å²) in [6, 6.07) is 6.75. The van der Waals surface area contributed by atoms with Gasteiger partial charge in [-0.15, -0.1) is 0 Å². The molecule has 6 heteroatoms. The zero-order valence-electron chi connectivity index (χ0n) is 12.6. The molecular formula is C16H22ClN3O2. The van der Waals surface area contributed by atoms with Crippen molar-refractivity contribution < 1.29 is 9.59 Å². The van der Waals surface area contributed by atoms with Gasteiger partial charge in [-0.1, -0.05) is 11.6 Å². The highest BCUT2D eigenvalue weighted by Crippen LogP contribution is 2.09. The molecule has 0 aliphatic carbocycles. The summed E-state index contributed by atoms with van der Waals surface area (Å²) < 4.78 is 0. The fourth-order valence-corrected chi connectivity index (χ4v) is 2.52. The summed E-state index contributed by atoms with van der Waals surface area (Å²) in [6.45, 7) is 3.93. The van der Waals surface area contributed by atoms with Crippen molar-refractivity contribution in [2.45, 2.75) is 19.3 Å². The lowest BCUT2D eigenvalue weighted by atomic mass is 10.2. The zero-order chi connectivity index (χ0) is 15.8. The topological polar surface area (TPSA) is 61.4 Å². The van der Waals surface area contributed by atoms with Crippen LogP contribution < -0.4 is 10.6 Å². The number of hydrogen-bond donors (Lipinski definition) is 2. The second-order valence-corrected chi connectivity index (χ2v) is 5.79. The van der Waals surface area contributed by atoms with Crippen molar-refractivity contribution in [1.29, 1.82) is 0 Å². The molecule has 2 rings (SSSR count). The van der Waals surface area contributed by atoms with Crippen LogP contribution in [0.2, 0.25) is 5.02 Å². The molecule has 0 unspecified atom stereocenters. The van der Waals surface area contributed by atoms with Gasteiger partial charge < -0.3 is 15.5 Å². The Morgan fingerprint density at radius 2 is 1.95 bits per heavy atom. The molecule has 0 radical (unpaired) electrons. The van der Waals surface area contributed by atoms with Gasteiger partial charge in [0, 0.05) is 43.2 Å². The number of carbonyl (C=O) groups excluding carboxylic acids is 2. The Labute approximate surface area is 136 Å². The van der Waals surface area contributed by atoms with Crippen LogP contribution in [0.25, 0.3) is 0 Å². The normalized spacial score (nSPS) is 15.2. The molecule has 0 spiro atoms. The minimum Gasteiger partial charge on any atom is -0.352 e. The molecule has 22 heavy (non-hydrogen) atoms. The standard InChI is InChI=1S/C16H22ClN3O2/c17-14-6-4-13(5-7-14)16(22)19-9-1-3-15(21)20-11-2-8-18-10-12-20/h4-7,18H,1-3,8-12H2,(H,19,22). The van der Waals surface area contributed by atoms with Crippen molar-refractivity contribution in [3.63, 3.8) is 0 Å². The minimum atomic E-state index is -0.136. The van der Waals surface area contributed by atoms with Crippen LogP contribution in [0, 0.1) is 0 Å². The number of nitrogens with zero attached hydrogens (tertiary/aromatic N) is 1. The molecule has 0 saturated carbocycles. The van der Waals surface area contributed by atoms with Crippen molar-refractivity contribution >= 4 is 23.4 Å². The van der Waals surface area contributed by atoms with E-state index in [4.69, 9.17) is 11.6 Å². The van der Waals surface area contributed by atoms with E-state index in [9.17, 15) is 9.59 Å². The molecule has 1 fully saturated rings. The van der Waals surface area contributed by atoms with Gasteiger partial charge in [0.15, 0.2) is 0 Å². The average molecular weight is 324 g/mol. The van der Waals surface area contributed by atoms with Gasteiger partial charge in [0.05, 0.1) is 0 Å². The fourth-order valence-electron chi connectivity index (χ4n) is 2.40. The van der Waals surface area contributed by atoms with Crippen molar-refractivity contribution in [2.24, 2.45) is 0 Å². The lowest BCUT2D eigenvalue weighted by Crippen LogP contribution is -2.34. The summed E-state index contributed by atoms with van der Waals surface area (Å²) in [6.07, 6.45) is 2.13. The first-order chi connectivity index (χ1) is 10.7. The molecule has 0 atom stereocenters. The minimum absolute atomic E-state index is 0.136. The number of rotatable bonds is 5. The van der Waals surface area contributed by atoms with Gasteiger partial charge in [-0.25, -0.2) is 0 Å². The van der Waals surface area contributed by atoms with Crippen LogP contribution in [0.3, 0.4) is 0 Å². The molecule has 1 aliphatic heterocycles. The van der Waals surface area contributed by atoms with Crippen LogP contribution >= 0.6 is 11.6 Å². The van der Waals surface area contributed by atoms with Crippen LogP contribution in [0.15, 0.2) is 24.3 Å². The van der Waals surface area contributed by atoms with Crippen molar-refractivity contribution in [2.75, 3.05) is 32.7 Å². The second-order valence-electron chi connectivity index (χ2n) is 5.35. The lowest BCUT2D eigenvalue weighted by Gasteiger charge is -2.19. The van der Waals surface area contributed by atoms with Crippen LogP contribution in [0.5, 0.6) is 0 Å². The number of amides is 2. The largest absolute Gasteiger partial charge is 0.352 e. The maximum atomic E-state index is 12.1. The first-order valence-electron chi connectivity index (χ1n) is 7.69. The van der Waals surface area contributed by atoms with Gasteiger partial charge in [0.1, 0.15) is 0 Å². The van der Waals surface area contributed by atoms with E-state index >= 15 is 0 Å². The molecule has 5 nitrogen and oxygen atoms in total. The van der Waals surface area contributed by atoms with Gasteiger partial charge in [-0.05, 0) is 43.7 Å². The molecule has 0 bridgehead atoms. The van der Waals surface area contributed by atoms with Gasteiger partial charge in [0.2, 0.25) is 5.91 Å². The van der Waals surface area contributed by atoms with Crippen LogP contribution in [-0.2, 0) is 4.79 Å². The van der Waals surface area contributed by atoms with Gasteiger partial charge in [0.25, 0.3) is 5.91 Å². The van der Waals surface area contributed by atoms with E-state index in [1.54, 1.807) is 24.3 Å². The molecule has 1 heterocycles. The number of hydrogen-bond acceptors (Lipinski definition) is 3. The summed E-state index contributed by atoms with van der Waals surface area (Å²) in [5.74, 6) is 0.0348. The highest BCUT2D eigenvalue weighted by molar-refractivity contribution is 6.30. The molecule has 0 aromatic heterocycles. The predicted molar refractivity (Wildman–Crippen MR) is 87.1 cm³/mol. The van der Waals surface area contributed by atoms with E-state index in [0.29, 0.717) is 30.0 Å². The van der Waals surface area contributed by atoms with E-state index in [1.165, 1.54) is 0 Å². The first kappa shape index (κ1) is 16.8. The third-order valence-corrected chi connectivity index (χ3v) is 3.90. The van der Waals surface area contributed by atoms with Crippen LogP contribution in [0.1, 0.15) is 29.6 Å². The monoisotopic (exact) mass is 323 g/mol. The smallest absolute Gasteiger partial charge is 0.251 e. The summed E-state index contributed by atoms with van der Waals surface area (Å²) in [5, 5.41) is 6.71. The Morgan fingerprint density at radius 3 is 2.73 bits per heavy atom. The van der Waals surface area contributed by atoms with E-state index in [1.807, 2.05) is 4.90 Å². The number of carbonyl (C=O) groups is 2. The average Bonchev–Trinajstić information content (AvgIpc) is 2.81. The van der Waals surface area contributed by atoms with Gasteiger partial charge in [-0.2, -0.15) is 0 Å². The first-order valence-corrected chi connectivity index (χ1v) is 8.07.